The number of carbonyl (C=O) groups is 1. The fraction of sp³-hybridized carbons (Fsp3) is 0.444. The normalized spacial score (nSPS) is 23.7. The monoisotopic (exact) mass is 406 g/mol. The summed E-state index contributed by atoms with van der Waals surface area (Å²) in [6.07, 6.45) is 0.573. The van der Waals surface area contributed by atoms with Crippen molar-refractivity contribution in [1.82, 2.24) is 19.5 Å². The third-order valence-corrected chi connectivity index (χ3v) is 8.06. The molecule has 9 heteroatoms. The van der Waals surface area contributed by atoms with Crippen LogP contribution in [-0.2, 0) is 22.1 Å². The van der Waals surface area contributed by atoms with Gasteiger partial charge < -0.3 is 10.2 Å². The number of amides is 2. The molecule has 144 valence electrons. The lowest BCUT2D eigenvalue weighted by molar-refractivity contribution is 0.178. The predicted molar refractivity (Wildman–Crippen MR) is 103 cm³/mol. The zero-order valence-electron chi connectivity index (χ0n) is 15.3. The quantitative estimate of drug-likeness (QED) is 0.848. The number of rotatable bonds is 3. The van der Waals surface area contributed by atoms with Gasteiger partial charge in [0.05, 0.1) is 27.7 Å². The van der Waals surface area contributed by atoms with Crippen molar-refractivity contribution in [1.29, 1.82) is 0 Å². The highest BCUT2D eigenvalue weighted by Gasteiger charge is 2.57. The number of benzene rings is 1. The lowest BCUT2D eigenvalue weighted by atomic mass is 9.89. The summed E-state index contributed by atoms with van der Waals surface area (Å²) in [6, 6.07) is 6.99. The van der Waals surface area contributed by atoms with E-state index in [4.69, 9.17) is 0 Å². The molecule has 1 aromatic carbocycles. The Morgan fingerprint density at radius 2 is 2.15 bits per heavy atom. The number of nitrogens with one attached hydrogen (secondary N) is 1. The number of likely N-dealkylation sites (tertiary alicyclic amines) is 1. The van der Waals surface area contributed by atoms with Crippen molar-refractivity contribution >= 4 is 27.4 Å². The van der Waals surface area contributed by atoms with Crippen molar-refractivity contribution in [2.24, 2.45) is 0 Å². The summed E-state index contributed by atoms with van der Waals surface area (Å²) in [7, 11) is -3.65. The lowest BCUT2D eigenvalue weighted by Gasteiger charge is -2.33. The van der Waals surface area contributed by atoms with Crippen LogP contribution in [0.4, 0.5) is 4.79 Å². The number of carbonyl (C=O) groups excluding carboxylic acids is 1. The summed E-state index contributed by atoms with van der Waals surface area (Å²) in [4.78, 5) is 18.9. The van der Waals surface area contributed by atoms with Gasteiger partial charge in [-0.3, -0.25) is 0 Å². The van der Waals surface area contributed by atoms with Gasteiger partial charge in [-0.05, 0) is 31.9 Å². The summed E-state index contributed by atoms with van der Waals surface area (Å²) < 4.78 is 28.2. The van der Waals surface area contributed by atoms with Gasteiger partial charge in [0, 0.05) is 25.0 Å². The van der Waals surface area contributed by atoms with Crippen LogP contribution in [0.2, 0.25) is 0 Å². The second-order valence-corrected chi connectivity index (χ2v) is 9.80. The average molecular weight is 407 g/mol. The van der Waals surface area contributed by atoms with Crippen LogP contribution in [0.3, 0.4) is 0 Å². The van der Waals surface area contributed by atoms with E-state index in [-0.39, 0.29) is 12.6 Å². The molecule has 7 nitrogen and oxygen atoms in total. The van der Waals surface area contributed by atoms with Gasteiger partial charge >= 0.3 is 6.03 Å². The van der Waals surface area contributed by atoms with Crippen LogP contribution < -0.4 is 5.32 Å². The molecule has 1 fully saturated rings. The first-order chi connectivity index (χ1) is 12.9. The number of thiazole rings is 1. The van der Waals surface area contributed by atoms with E-state index in [0.717, 1.165) is 16.3 Å². The number of aryl methyl sites for hydroxylation is 1. The van der Waals surface area contributed by atoms with Crippen LogP contribution in [0.25, 0.3) is 0 Å². The van der Waals surface area contributed by atoms with E-state index in [2.05, 4.69) is 10.3 Å². The summed E-state index contributed by atoms with van der Waals surface area (Å²) in [5, 5.41) is 5.62. The molecule has 1 saturated heterocycles. The van der Waals surface area contributed by atoms with Crippen molar-refractivity contribution in [3.05, 3.63) is 45.9 Å². The Hall–Kier alpha value is -1.97. The number of hydrogen-bond donors (Lipinski definition) is 1. The van der Waals surface area contributed by atoms with E-state index < -0.39 is 15.6 Å². The fourth-order valence-electron chi connectivity index (χ4n) is 4.08. The van der Waals surface area contributed by atoms with Gasteiger partial charge in [-0.1, -0.05) is 18.2 Å². The van der Waals surface area contributed by atoms with Crippen LogP contribution in [-0.4, -0.2) is 48.3 Å². The number of fused-ring (bicyclic) bond motifs is 2. The van der Waals surface area contributed by atoms with Gasteiger partial charge in [-0.15, -0.1) is 11.3 Å². The molecule has 2 aromatic rings. The van der Waals surface area contributed by atoms with E-state index >= 15 is 0 Å². The summed E-state index contributed by atoms with van der Waals surface area (Å²) in [5.74, 6) is 0. The molecule has 0 bridgehead atoms. The number of urea groups is 1. The second kappa shape index (κ2) is 6.57. The Morgan fingerprint density at radius 3 is 2.85 bits per heavy atom. The van der Waals surface area contributed by atoms with Crippen LogP contribution >= 0.6 is 11.3 Å². The van der Waals surface area contributed by atoms with Crippen molar-refractivity contribution in [3.8, 4) is 0 Å². The first kappa shape index (κ1) is 18.4. The predicted octanol–water partition coefficient (Wildman–Crippen LogP) is 2.29. The van der Waals surface area contributed by atoms with Gasteiger partial charge in [-0.25, -0.2) is 18.2 Å². The highest BCUT2D eigenvalue weighted by Crippen LogP contribution is 2.50. The van der Waals surface area contributed by atoms with Crippen LogP contribution in [0.5, 0.6) is 0 Å². The Bertz CT molecular complexity index is 988. The molecule has 1 atom stereocenters. The molecule has 3 heterocycles. The zero-order valence-corrected chi connectivity index (χ0v) is 16.9. The van der Waals surface area contributed by atoms with Crippen molar-refractivity contribution in [2.75, 3.05) is 19.6 Å². The Kier molecular flexibility index (Phi) is 4.48. The van der Waals surface area contributed by atoms with E-state index in [9.17, 15) is 13.2 Å². The average Bonchev–Trinajstić information content (AvgIpc) is 3.30. The number of nitrogens with zero attached hydrogens (tertiary/aromatic N) is 3. The largest absolute Gasteiger partial charge is 0.338 e. The molecule has 0 radical (unpaired) electrons. The van der Waals surface area contributed by atoms with Gasteiger partial charge in [0.25, 0.3) is 0 Å². The second-order valence-electron chi connectivity index (χ2n) is 6.90. The van der Waals surface area contributed by atoms with Crippen molar-refractivity contribution in [2.45, 2.75) is 37.2 Å². The molecule has 0 aliphatic carbocycles. The Balaban J connectivity index is 1.78. The topological polar surface area (TPSA) is 82.6 Å². The van der Waals surface area contributed by atoms with E-state index in [1.54, 1.807) is 21.3 Å². The minimum atomic E-state index is -3.65. The lowest BCUT2D eigenvalue weighted by Crippen LogP contribution is -2.47. The maximum absolute atomic E-state index is 13.3. The third-order valence-electron chi connectivity index (χ3n) is 5.27. The van der Waals surface area contributed by atoms with Gasteiger partial charge in [0.2, 0.25) is 10.0 Å². The molecule has 4 rings (SSSR count). The van der Waals surface area contributed by atoms with E-state index in [0.29, 0.717) is 31.0 Å². The summed E-state index contributed by atoms with van der Waals surface area (Å²) >= 11 is 1.51. The van der Waals surface area contributed by atoms with Crippen LogP contribution in [0, 0.1) is 6.92 Å². The maximum atomic E-state index is 13.3. The summed E-state index contributed by atoms with van der Waals surface area (Å²) in [5.41, 5.74) is 0.784. The van der Waals surface area contributed by atoms with Gasteiger partial charge in [0.15, 0.2) is 0 Å². The molecule has 0 saturated carbocycles. The molecule has 27 heavy (non-hydrogen) atoms. The standard InChI is InChI=1S/C18H22N4O3S2/c1-3-19-17(23)21-9-8-18(12-21)15-6-4-5-7-16(15)27(24,25)22(18)10-14-11-26-13(2)20-14/h4-7,11H,3,8-10,12H2,1-2H3,(H,19,23)/t18-/m1/s1. The minimum Gasteiger partial charge on any atom is -0.338 e. The molecule has 0 unspecified atom stereocenters. The van der Waals surface area contributed by atoms with Gasteiger partial charge in [0.1, 0.15) is 0 Å². The zero-order chi connectivity index (χ0) is 19.2. The molecular weight excluding hydrogens is 384 g/mol. The maximum Gasteiger partial charge on any atom is 0.317 e. The van der Waals surface area contributed by atoms with Crippen molar-refractivity contribution in [3.63, 3.8) is 0 Å². The first-order valence-corrected chi connectivity index (χ1v) is 11.3. The molecule has 1 aromatic heterocycles. The highest BCUT2D eigenvalue weighted by molar-refractivity contribution is 7.89. The van der Waals surface area contributed by atoms with Crippen LogP contribution in [0.1, 0.15) is 29.6 Å². The smallest absolute Gasteiger partial charge is 0.317 e. The first-order valence-electron chi connectivity index (χ1n) is 8.94. The molecule has 2 aliphatic rings. The Morgan fingerprint density at radius 1 is 1.37 bits per heavy atom. The SMILES string of the molecule is CCNC(=O)N1CC[C@@]2(C1)c1ccccc1S(=O)(=O)N2Cc1csc(C)n1. The molecular formula is C18H22N4O3S2. The number of sulfonamides is 1. The van der Waals surface area contributed by atoms with Crippen molar-refractivity contribution < 1.29 is 13.2 Å². The van der Waals surface area contributed by atoms with E-state index in [1.807, 2.05) is 31.4 Å². The Labute approximate surface area is 163 Å². The molecule has 2 amide bonds. The highest BCUT2D eigenvalue weighted by atomic mass is 32.2. The number of aromatic nitrogens is 1. The van der Waals surface area contributed by atoms with Gasteiger partial charge in [-0.2, -0.15) is 4.31 Å². The van der Waals surface area contributed by atoms with E-state index in [1.165, 1.54) is 11.3 Å². The number of hydrogen-bond acceptors (Lipinski definition) is 5. The summed E-state index contributed by atoms with van der Waals surface area (Å²) in [6.45, 7) is 5.39. The fourth-order valence-corrected chi connectivity index (χ4v) is 6.71. The molecule has 2 aliphatic heterocycles. The molecule has 1 spiro atoms. The van der Waals surface area contributed by atoms with Crippen LogP contribution in [0.15, 0.2) is 34.5 Å². The third kappa shape index (κ3) is 2.84. The molecule has 1 N–H and O–H groups in total. The minimum absolute atomic E-state index is 0.152.